The molecule has 6 nitrogen and oxygen atoms in total. The van der Waals surface area contributed by atoms with Crippen LogP contribution < -0.4 is 10.6 Å². The van der Waals surface area contributed by atoms with Crippen LogP contribution in [0.4, 0.5) is 0 Å². The predicted molar refractivity (Wildman–Crippen MR) is 123 cm³/mol. The van der Waals surface area contributed by atoms with Crippen LogP contribution in [0.3, 0.4) is 0 Å². The van der Waals surface area contributed by atoms with Crippen LogP contribution in [0.1, 0.15) is 40.0 Å². The number of nitrogens with zero attached hydrogens (tertiary/aromatic N) is 2. The molecule has 1 saturated carbocycles. The first kappa shape index (κ1) is 24.3. The van der Waals surface area contributed by atoms with Crippen molar-refractivity contribution in [2.75, 3.05) is 43.4 Å². The van der Waals surface area contributed by atoms with Crippen molar-refractivity contribution in [2.24, 2.45) is 16.8 Å². The zero-order valence-electron chi connectivity index (χ0n) is 16.2. The summed E-state index contributed by atoms with van der Waals surface area (Å²) in [5, 5.41) is 6.76. The van der Waals surface area contributed by atoms with Crippen molar-refractivity contribution < 1.29 is 8.42 Å². The van der Waals surface area contributed by atoms with E-state index >= 15 is 0 Å². The van der Waals surface area contributed by atoms with E-state index in [-0.39, 0.29) is 29.7 Å². The first-order chi connectivity index (χ1) is 11.9. The summed E-state index contributed by atoms with van der Waals surface area (Å²) >= 11 is 1.82. The van der Waals surface area contributed by atoms with Gasteiger partial charge in [-0.2, -0.15) is 11.8 Å². The molecule has 1 aliphatic heterocycles. The molecule has 0 aromatic carbocycles. The number of nitrogens with one attached hydrogen (secondary N) is 2. The minimum atomic E-state index is -3.19. The Morgan fingerprint density at radius 3 is 2.35 bits per heavy atom. The highest BCUT2D eigenvalue weighted by atomic mass is 127. The molecule has 0 aromatic rings. The molecule has 2 aliphatic rings. The largest absolute Gasteiger partial charge is 0.357 e. The Morgan fingerprint density at radius 1 is 1.15 bits per heavy atom. The van der Waals surface area contributed by atoms with Gasteiger partial charge >= 0.3 is 0 Å². The number of halogens is 1. The molecule has 9 heteroatoms. The quantitative estimate of drug-likeness (QED) is 0.321. The van der Waals surface area contributed by atoms with E-state index in [9.17, 15) is 8.42 Å². The molecule has 0 amide bonds. The van der Waals surface area contributed by atoms with Crippen LogP contribution in [0.25, 0.3) is 0 Å². The van der Waals surface area contributed by atoms with Crippen LogP contribution in [0, 0.1) is 11.8 Å². The van der Waals surface area contributed by atoms with E-state index in [0.29, 0.717) is 25.7 Å². The second kappa shape index (κ2) is 12.0. The van der Waals surface area contributed by atoms with E-state index in [2.05, 4.69) is 29.5 Å². The predicted octanol–water partition coefficient (Wildman–Crippen LogP) is 2.36. The third kappa shape index (κ3) is 8.10. The highest BCUT2D eigenvalue weighted by Gasteiger charge is 2.25. The van der Waals surface area contributed by atoms with Gasteiger partial charge in [0.25, 0.3) is 0 Å². The van der Waals surface area contributed by atoms with Crippen molar-refractivity contribution in [3.8, 4) is 0 Å². The molecular weight excluding hydrogens is 483 g/mol. The van der Waals surface area contributed by atoms with Crippen LogP contribution in [0.5, 0.6) is 0 Å². The van der Waals surface area contributed by atoms with Gasteiger partial charge in [-0.15, -0.1) is 24.0 Å². The van der Waals surface area contributed by atoms with Crippen LogP contribution in [-0.2, 0) is 10.0 Å². The summed E-state index contributed by atoms with van der Waals surface area (Å²) in [5.74, 6) is 4.07. The second-order valence-electron chi connectivity index (χ2n) is 7.35. The number of guanidine groups is 1. The highest BCUT2D eigenvalue weighted by Crippen LogP contribution is 2.28. The summed E-state index contributed by atoms with van der Waals surface area (Å²) in [7, 11) is -3.19. The van der Waals surface area contributed by atoms with E-state index in [1.165, 1.54) is 6.42 Å². The number of sulfonamides is 1. The molecule has 2 N–H and O–H groups in total. The van der Waals surface area contributed by atoms with E-state index in [0.717, 1.165) is 48.7 Å². The van der Waals surface area contributed by atoms with Crippen LogP contribution in [0.15, 0.2) is 4.99 Å². The molecule has 2 unspecified atom stereocenters. The Kier molecular flexibility index (Phi) is 11.2. The summed E-state index contributed by atoms with van der Waals surface area (Å²) in [6.45, 7) is 8.99. The van der Waals surface area contributed by atoms with Gasteiger partial charge in [0, 0.05) is 37.2 Å². The van der Waals surface area contributed by atoms with Crippen molar-refractivity contribution in [3.63, 3.8) is 0 Å². The van der Waals surface area contributed by atoms with Crippen molar-refractivity contribution in [3.05, 3.63) is 0 Å². The lowest BCUT2D eigenvalue weighted by Gasteiger charge is -2.33. The fourth-order valence-corrected chi connectivity index (χ4v) is 6.26. The van der Waals surface area contributed by atoms with Gasteiger partial charge in [0.05, 0.1) is 12.3 Å². The molecule has 0 radical (unpaired) electrons. The maximum absolute atomic E-state index is 12.4. The Hall–Kier alpha value is 0.260. The summed E-state index contributed by atoms with van der Waals surface area (Å²) in [5.41, 5.74) is 0. The molecule has 154 valence electrons. The van der Waals surface area contributed by atoms with Crippen molar-refractivity contribution in [1.82, 2.24) is 14.9 Å². The maximum atomic E-state index is 12.4. The van der Waals surface area contributed by atoms with Gasteiger partial charge in [0.2, 0.25) is 10.0 Å². The van der Waals surface area contributed by atoms with Crippen molar-refractivity contribution in [2.45, 2.75) is 46.1 Å². The minimum Gasteiger partial charge on any atom is -0.357 e. The zero-order chi connectivity index (χ0) is 18.3. The second-order valence-corrected chi connectivity index (χ2v) is 10.7. The lowest BCUT2D eigenvalue weighted by atomic mass is 9.80. The monoisotopic (exact) mass is 518 g/mol. The van der Waals surface area contributed by atoms with Crippen molar-refractivity contribution in [1.29, 1.82) is 0 Å². The van der Waals surface area contributed by atoms with E-state index in [1.807, 2.05) is 18.7 Å². The minimum absolute atomic E-state index is 0. The van der Waals surface area contributed by atoms with Gasteiger partial charge in [-0.1, -0.05) is 13.8 Å². The average Bonchev–Trinajstić information content (AvgIpc) is 2.55. The lowest BCUT2D eigenvalue weighted by Crippen LogP contribution is -2.46. The van der Waals surface area contributed by atoms with Gasteiger partial charge in [0.15, 0.2) is 5.96 Å². The fraction of sp³-hybridized carbons (Fsp3) is 0.941. The molecule has 26 heavy (non-hydrogen) atoms. The SMILES string of the molecule is CCNC(=NCCS(=O)(=O)N1CCSCC1)NC1CC(C)CC(C)C1.I. The van der Waals surface area contributed by atoms with Gasteiger partial charge in [-0.3, -0.25) is 4.99 Å². The van der Waals surface area contributed by atoms with E-state index in [1.54, 1.807) is 4.31 Å². The smallest absolute Gasteiger partial charge is 0.215 e. The van der Waals surface area contributed by atoms with Gasteiger partial charge in [0.1, 0.15) is 0 Å². The van der Waals surface area contributed by atoms with E-state index < -0.39 is 10.0 Å². The fourth-order valence-electron chi connectivity index (χ4n) is 3.80. The molecule has 1 aliphatic carbocycles. The molecule has 0 bridgehead atoms. The molecule has 2 rings (SSSR count). The number of hydrogen-bond acceptors (Lipinski definition) is 4. The average molecular weight is 519 g/mol. The summed E-state index contributed by atoms with van der Waals surface area (Å²) in [6.07, 6.45) is 3.59. The number of aliphatic imine (C=N–C) groups is 1. The lowest BCUT2D eigenvalue weighted by molar-refractivity contribution is 0.255. The van der Waals surface area contributed by atoms with Gasteiger partial charge in [-0.25, -0.2) is 12.7 Å². The summed E-state index contributed by atoms with van der Waals surface area (Å²) < 4.78 is 26.4. The van der Waals surface area contributed by atoms with E-state index in [4.69, 9.17) is 0 Å². The van der Waals surface area contributed by atoms with Crippen LogP contribution in [0.2, 0.25) is 0 Å². The number of thioether (sulfide) groups is 1. The first-order valence-corrected chi connectivity index (χ1v) is 12.3. The van der Waals surface area contributed by atoms with Crippen LogP contribution >= 0.6 is 35.7 Å². The Bertz CT molecular complexity index is 529. The first-order valence-electron chi connectivity index (χ1n) is 9.51. The Balaban J connectivity index is 0.00000338. The third-order valence-corrected chi connectivity index (χ3v) is 7.64. The third-order valence-electron chi connectivity index (χ3n) is 4.85. The molecule has 2 atom stereocenters. The highest BCUT2D eigenvalue weighted by molar-refractivity contribution is 14.0. The molecule has 1 heterocycles. The number of hydrogen-bond donors (Lipinski definition) is 2. The summed E-state index contributed by atoms with van der Waals surface area (Å²) in [4.78, 5) is 4.52. The standard InChI is InChI=1S/C17H34N4O2S2.HI/c1-4-18-17(20-16-12-14(2)11-15(3)13-16)19-5-10-25(22,23)21-6-8-24-9-7-21;/h14-16H,4-13H2,1-3H3,(H2,18,19,20);1H. The van der Waals surface area contributed by atoms with Crippen LogP contribution in [-0.4, -0.2) is 68.2 Å². The topological polar surface area (TPSA) is 73.8 Å². The normalized spacial score (nSPS) is 28.3. The van der Waals surface area contributed by atoms with Gasteiger partial charge in [-0.05, 0) is 38.0 Å². The Morgan fingerprint density at radius 2 is 1.77 bits per heavy atom. The molecular formula is C17H35IN4O2S2. The molecule has 0 spiro atoms. The van der Waals surface area contributed by atoms with Crippen molar-refractivity contribution >= 4 is 51.7 Å². The van der Waals surface area contributed by atoms with Gasteiger partial charge < -0.3 is 10.6 Å². The molecule has 0 aromatic heterocycles. The summed E-state index contributed by atoms with van der Waals surface area (Å²) in [6, 6.07) is 0.423. The maximum Gasteiger partial charge on any atom is 0.215 e. The zero-order valence-corrected chi connectivity index (χ0v) is 20.2. The molecule has 2 fully saturated rings. The number of rotatable bonds is 6. The Labute approximate surface area is 180 Å². The molecule has 1 saturated heterocycles.